The van der Waals surface area contributed by atoms with E-state index in [4.69, 9.17) is 10.1 Å². The van der Waals surface area contributed by atoms with Gasteiger partial charge in [-0.15, -0.1) is 0 Å². The van der Waals surface area contributed by atoms with E-state index in [9.17, 15) is 9.59 Å². The predicted octanol–water partition coefficient (Wildman–Crippen LogP) is 1.13. The summed E-state index contributed by atoms with van der Waals surface area (Å²) in [6.07, 6.45) is 3.48. The maximum atomic E-state index is 12.7. The molecular weight excluding hydrogens is 306 g/mol. The Morgan fingerprint density at radius 1 is 1.12 bits per heavy atom. The number of carbonyl (C=O) groups is 2. The van der Waals surface area contributed by atoms with Gasteiger partial charge in [0.25, 0.3) is 5.91 Å². The van der Waals surface area contributed by atoms with Gasteiger partial charge in [-0.05, 0) is 17.7 Å². The summed E-state index contributed by atoms with van der Waals surface area (Å²) in [4.78, 5) is 24.8. The van der Waals surface area contributed by atoms with Crippen LogP contribution in [0.1, 0.15) is 17.6 Å². The molecule has 0 saturated carbocycles. The molecule has 0 radical (unpaired) electrons. The molecule has 120 valence electrons. The molecule has 1 N–H and O–H groups in total. The number of carbonyl (C=O) groups excluding carboxylic acids is 2. The summed E-state index contributed by atoms with van der Waals surface area (Å²) in [5.74, 6) is 1.27. The van der Waals surface area contributed by atoms with Gasteiger partial charge in [0.2, 0.25) is 11.8 Å². The van der Waals surface area contributed by atoms with Crippen molar-refractivity contribution in [2.75, 3.05) is 7.11 Å². The van der Waals surface area contributed by atoms with Crippen LogP contribution >= 0.6 is 0 Å². The van der Waals surface area contributed by atoms with Crippen LogP contribution in [-0.4, -0.2) is 24.7 Å². The van der Waals surface area contributed by atoms with E-state index in [0.29, 0.717) is 5.75 Å². The molecule has 1 aromatic heterocycles. The standard InChI is InChI=1S/C18H15N3O3/c1-24-13-7-5-12(6-8-13)15-16(21-9-3-2-4-10-21)17(22)14(11-19)18(23)20-15/h2-10,15-16H,1H3,(H,20,23). The fourth-order valence-corrected chi connectivity index (χ4v) is 2.79. The molecule has 3 rings (SSSR count). The van der Waals surface area contributed by atoms with Crippen molar-refractivity contribution in [1.82, 2.24) is 5.32 Å². The summed E-state index contributed by atoms with van der Waals surface area (Å²) in [7, 11) is 1.57. The van der Waals surface area contributed by atoms with Crippen LogP contribution < -0.4 is 14.6 Å². The molecule has 1 amide bonds. The first-order valence-corrected chi connectivity index (χ1v) is 7.37. The summed E-state index contributed by atoms with van der Waals surface area (Å²) >= 11 is 0. The molecule has 2 aromatic rings. The quantitative estimate of drug-likeness (QED) is 0.398. The highest BCUT2D eigenvalue weighted by atomic mass is 16.5. The zero-order valence-corrected chi connectivity index (χ0v) is 13.0. The van der Waals surface area contributed by atoms with Crippen molar-refractivity contribution < 1.29 is 18.9 Å². The molecule has 24 heavy (non-hydrogen) atoms. The first-order chi connectivity index (χ1) is 11.7. The van der Waals surface area contributed by atoms with Crippen LogP contribution in [0.15, 0.2) is 60.4 Å². The van der Waals surface area contributed by atoms with Gasteiger partial charge in [-0.2, -0.15) is 4.57 Å². The number of ether oxygens (including phenoxy) is 1. The lowest BCUT2D eigenvalue weighted by Gasteiger charge is -2.28. The minimum absolute atomic E-state index is 0.374. The molecule has 6 heteroatoms. The van der Waals surface area contributed by atoms with Crippen molar-refractivity contribution in [3.05, 3.63) is 71.4 Å². The van der Waals surface area contributed by atoms with Gasteiger partial charge in [-0.25, -0.2) is 0 Å². The summed E-state index contributed by atoms with van der Waals surface area (Å²) in [6, 6.07) is 11.3. The lowest BCUT2D eigenvalue weighted by atomic mass is 9.88. The van der Waals surface area contributed by atoms with Gasteiger partial charge in [0.15, 0.2) is 12.4 Å². The van der Waals surface area contributed by atoms with Crippen LogP contribution in [-0.2, 0) is 9.59 Å². The van der Waals surface area contributed by atoms with E-state index in [1.807, 2.05) is 6.07 Å². The normalized spacial score (nSPS) is 20.3. The van der Waals surface area contributed by atoms with Crippen LogP contribution in [0.25, 0.3) is 5.41 Å². The molecule has 0 aliphatic carbocycles. The number of piperidine rings is 1. The third-order valence-corrected chi connectivity index (χ3v) is 3.99. The average Bonchev–Trinajstić information content (AvgIpc) is 2.62. The number of hydrogen-bond acceptors (Lipinski definition) is 3. The predicted molar refractivity (Wildman–Crippen MR) is 86.4 cm³/mol. The molecule has 1 aliphatic rings. The van der Waals surface area contributed by atoms with Gasteiger partial charge in [0.1, 0.15) is 17.4 Å². The van der Waals surface area contributed by atoms with Gasteiger partial charge in [0, 0.05) is 12.1 Å². The third kappa shape index (κ3) is 2.71. The SMILES string of the molecule is COc1ccc(C2NC(=O)C(=C=[N-])C(=O)C2[n+]2ccccc2)cc1. The molecule has 0 spiro atoms. The molecule has 0 bridgehead atoms. The number of benzene rings is 1. The maximum Gasteiger partial charge on any atom is 0.261 e. The molecule has 1 saturated heterocycles. The fourth-order valence-electron chi connectivity index (χ4n) is 2.79. The monoisotopic (exact) mass is 321 g/mol. The van der Waals surface area contributed by atoms with Crippen molar-refractivity contribution in [3.8, 4) is 5.75 Å². The number of amides is 1. The van der Waals surface area contributed by atoms with Crippen LogP contribution in [0.5, 0.6) is 5.75 Å². The molecule has 2 unspecified atom stereocenters. The van der Waals surface area contributed by atoms with Gasteiger partial charge in [0.05, 0.1) is 7.11 Å². The van der Waals surface area contributed by atoms with E-state index in [2.05, 4.69) is 5.32 Å². The fraction of sp³-hybridized carbons (Fsp3) is 0.167. The maximum absolute atomic E-state index is 12.7. The van der Waals surface area contributed by atoms with Crippen molar-refractivity contribution in [1.29, 1.82) is 0 Å². The molecular formula is C18H15N3O3. The molecule has 6 nitrogen and oxygen atoms in total. The number of ketones is 1. The minimum atomic E-state index is -0.716. The van der Waals surface area contributed by atoms with Crippen LogP contribution in [0, 0.1) is 0 Å². The summed E-state index contributed by atoms with van der Waals surface area (Å²) in [6.45, 7) is 0. The number of pyridine rings is 1. The van der Waals surface area contributed by atoms with E-state index < -0.39 is 23.8 Å². The van der Waals surface area contributed by atoms with E-state index >= 15 is 0 Å². The van der Waals surface area contributed by atoms with Crippen molar-refractivity contribution in [2.24, 2.45) is 0 Å². The molecule has 1 fully saturated rings. The Kier molecular flexibility index (Phi) is 4.22. The molecule has 2 atom stereocenters. The second-order valence-electron chi connectivity index (χ2n) is 5.34. The van der Waals surface area contributed by atoms with Crippen molar-refractivity contribution in [3.63, 3.8) is 0 Å². The second kappa shape index (κ2) is 6.48. The van der Waals surface area contributed by atoms with Crippen LogP contribution in [0.3, 0.4) is 0 Å². The Morgan fingerprint density at radius 3 is 2.38 bits per heavy atom. The lowest BCUT2D eigenvalue weighted by molar-refractivity contribution is -0.712. The number of hydrogen-bond donors (Lipinski definition) is 1. The minimum Gasteiger partial charge on any atom is -0.763 e. The van der Waals surface area contributed by atoms with Gasteiger partial charge in [-0.1, -0.05) is 18.2 Å². The van der Waals surface area contributed by atoms with E-state index in [1.165, 1.54) is 0 Å². The van der Waals surface area contributed by atoms with E-state index in [0.717, 1.165) is 5.56 Å². The van der Waals surface area contributed by atoms with Gasteiger partial charge in [-0.3, -0.25) is 15.5 Å². The number of nitrogens with one attached hydrogen (secondary N) is 1. The molecule has 1 aliphatic heterocycles. The average molecular weight is 321 g/mol. The summed E-state index contributed by atoms with van der Waals surface area (Å²) in [5, 5.41) is 11.9. The highest BCUT2D eigenvalue weighted by Gasteiger charge is 2.45. The zero-order chi connectivity index (χ0) is 17.1. The number of Topliss-reactive ketones (excluding diaryl/α,β-unsaturated/α-hetero) is 1. The van der Waals surface area contributed by atoms with Gasteiger partial charge < -0.3 is 15.5 Å². The topological polar surface area (TPSA) is 81.6 Å². The highest BCUT2D eigenvalue weighted by Crippen LogP contribution is 2.30. The first kappa shape index (κ1) is 15.6. The number of rotatable bonds is 3. The van der Waals surface area contributed by atoms with Crippen LogP contribution in [0.2, 0.25) is 0 Å². The van der Waals surface area contributed by atoms with Crippen LogP contribution in [0.4, 0.5) is 0 Å². The number of aromatic nitrogens is 1. The van der Waals surface area contributed by atoms with E-state index in [1.54, 1.807) is 66.3 Å². The lowest BCUT2D eigenvalue weighted by Crippen LogP contribution is -2.56. The van der Waals surface area contributed by atoms with Crippen molar-refractivity contribution in [2.45, 2.75) is 12.1 Å². The largest absolute Gasteiger partial charge is 0.763 e. The Morgan fingerprint density at radius 2 is 1.79 bits per heavy atom. The first-order valence-electron chi connectivity index (χ1n) is 7.37. The second-order valence-corrected chi connectivity index (χ2v) is 5.34. The third-order valence-electron chi connectivity index (χ3n) is 3.99. The van der Waals surface area contributed by atoms with Gasteiger partial charge >= 0.3 is 0 Å². The van der Waals surface area contributed by atoms with E-state index in [-0.39, 0.29) is 5.57 Å². The summed E-state index contributed by atoms with van der Waals surface area (Å²) < 4.78 is 6.84. The van der Waals surface area contributed by atoms with Crippen molar-refractivity contribution >= 4 is 17.6 Å². The Labute approximate surface area is 138 Å². The Hall–Kier alpha value is -3.24. The number of methoxy groups -OCH3 is 1. The molecule has 2 heterocycles. The number of nitrogens with zero attached hydrogens (tertiary/aromatic N) is 2. The Bertz CT molecular complexity index is 824. The molecule has 1 aromatic carbocycles. The smallest absolute Gasteiger partial charge is 0.261 e. The highest BCUT2D eigenvalue weighted by molar-refractivity contribution is 6.28. The summed E-state index contributed by atoms with van der Waals surface area (Å²) in [5.41, 5.74) is 0.386. The Balaban J connectivity index is 2.08. The zero-order valence-electron chi connectivity index (χ0n) is 13.0.